The molecular weight excluding hydrogens is 348 g/mol. The third-order valence-electron chi connectivity index (χ3n) is 4.50. The number of hydrogen-bond acceptors (Lipinski definition) is 2. The van der Waals surface area contributed by atoms with Crippen LogP contribution in [0.15, 0.2) is 30.5 Å². The van der Waals surface area contributed by atoms with Gasteiger partial charge in [-0.05, 0) is 24.5 Å². The number of rotatable bonds is 10. The third kappa shape index (κ3) is 8.24. The summed E-state index contributed by atoms with van der Waals surface area (Å²) in [6.45, 7) is 4.40. The number of aliphatic carboxylic acids is 1. The van der Waals surface area contributed by atoms with Crippen molar-refractivity contribution >= 4 is 28.5 Å². The summed E-state index contributed by atoms with van der Waals surface area (Å²) < 4.78 is 0. The quantitative estimate of drug-likeness (QED) is 0.376. The Morgan fingerprint density at radius 1 is 1.19 bits per heavy atom. The van der Waals surface area contributed by atoms with E-state index in [1.54, 1.807) is 0 Å². The van der Waals surface area contributed by atoms with Crippen LogP contribution in [0.5, 0.6) is 0 Å². The number of aromatic amines is 1. The Bertz CT molecular complexity index is 642. The monoisotopic (exact) mass is 380 g/mol. The lowest BCUT2D eigenvalue weighted by atomic mass is 10.1. The first-order chi connectivity index (χ1) is 12.5. The molecule has 0 amide bonds. The van der Waals surface area contributed by atoms with Gasteiger partial charge in [-0.25, -0.2) is 0 Å². The predicted octanol–water partition coefficient (Wildman–Crippen LogP) is 5.49. The minimum absolute atomic E-state index is 0.347. The van der Waals surface area contributed by atoms with Gasteiger partial charge in [-0.2, -0.15) is 0 Å². The van der Waals surface area contributed by atoms with Crippen LogP contribution in [0, 0.1) is 0 Å². The van der Waals surface area contributed by atoms with Crippen LogP contribution >= 0.6 is 11.6 Å². The van der Waals surface area contributed by atoms with Gasteiger partial charge in [0.25, 0.3) is 0 Å². The number of hydrogen-bond donors (Lipinski definition) is 3. The largest absolute Gasteiger partial charge is 0.480 e. The Labute approximate surface area is 162 Å². The number of benzene rings is 1. The molecule has 0 fully saturated rings. The predicted molar refractivity (Wildman–Crippen MR) is 111 cm³/mol. The fourth-order valence-corrected chi connectivity index (χ4v) is 2.95. The maximum atomic E-state index is 10.6. The molecule has 5 heteroatoms. The number of para-hydroxylation sites is 1. The first-order valence-corrected chi connectivity index (χ1v) is 10.1. The molecule has 0 aliphatic carbocycles. The molecule has 0 radical (unpaired) electrons. The van der Waals surface area contributed by atoms with E-state index < -0.39 is 12.0 Å². The maximum absolute atomic E-state index is 10.6. The Morgan fingerprint density at radius 2 is 1.88 bits per heavy atom. The second-order valence-corrected chi connectivity index (χ2v) is 7.33. The Morgan fingerprint density at radius 3 is 2.54 bits per heavy atom. The summed E-state index contributed by atoms with van der Waals surface area (Å²) >= 11 is 5.98. The van der Waals surface area contributed by atoms with Gasteiger partial charge in [0.15, 0.2) is 0 Å². The van der Waals surface area contributed by atoms with Crippen LogP contribution in [0.2, 0.25) is 0 Å². The highest BCUT2D eigenvalue weighted by atomic mass is 35.5. The zero-order valence-corrected chi connectivity index (χ0v) is 16.8. The molecule has 1 aromatic carbocycles. The van der Waals surface area contributed by atoms with Crippen molar-refractivity contribution in [3.8, 4) is 0 Å². The van der Waals surface area contributed by atoms with E-state index in [1.807, 2.05) is 30.5 Å². The van der Waals surface area contributed by atoms with E-state index in [2.05, 4.69) is 18.8 Å². The van der Waals surface area contributed by atoms with E-state index in [9.17, 15) is 4.79 Å². The van der Waals surface area contributed by atoms with Gasteiger partial charge in [-0.3, -0.25) is 4.79 Å². The van der Waals surface area contributed by atoms with Crippen molar-refractivity contribution < 1.29 is 9.90 Å². The number of nitrogens with two attached hydrogens (primary N) is 1. The molecule has 2 atom stereocenters. The van der Waals surface area contributed by atoms with Crippen molar-refractivity contribution in [1.82, 2.24) is 4.98 Å². The summed E-state index contributed by atoms with van der Waals surface area (Å²) in [5.74, 6) is -0.972. The SMILES string of the molecule is CCCCCCCC(Cl)CC.NC(Cc1c[nH]c2ccccc12)C(=O)O. The van der Waals surface area contributed by atoms with Gasteiger partial charge >= 0.3 is 5.97 Å². The van der Waals surface area contributed by atoms with E-state index in [-0.39, 0.29) is 0 Å². The van der Waals surface area contributed by atoms with Gasteiger partial charge in [0.05, 0.1) is 0 Å². The minimum Gasteiger partial charge on any atom is -0.480 e. The number of unbranched alkanes of at least 4 members (excludes halogenated alkanes) is 4. The molecule has 1 aromatic heterocycles. The van der Waals surface area contributed by atoms with Gasteiger partial charge in [-0.1, -0.05) is 64.2 Å². The van der Waals surface area contributed by atoms with Gasteiger partial charge in [0.2, 0.25) is 0 Å². The van der Waals surface area contributed by atoms with Crippen LogP contribution in [-0.2, 0) is 11.2 Å². The second-order valence-electron chi connectivity index (χ2n) is 6.72. The molecule has 4 N–H and O–H groups in total. The zero-order chi connectivity index (χ0) is 19.4. The van der Waals surface area contributed by atoms with Crippen LogP contribution in [0.4, 0.5) is 0 Å². The fourth-order valence-electron chi connectivity index (χ4n) is 2.80. The zero-order valence-electron chi connectivity index (χ0n) is 16.0. The fraction of sp³-hybridized carbons (Fsp3) is 0.571. The minimum atomic E-state index is -0.972. The molecule has 2 rings (SSSR count). The second kappa shape index (κ2) is 12.8. The summed E-state index contributed by atoms with van der Waals surface area (Å²) in [5.41, 5.74) is 7.43. The van der Waals surface area contributed by atoms with Crippen LogP contribution in [0.3, 0.4) is 0 Å². The molecule has 0 saturated heterocycles. The number of halogens is 1. The van der Waals surface area contributed by atoms with E-state index in [0.717, 1.165) is 22.9 Å². The summed E-state index contributed by atoms with van der Waals surface area (Å²) in [5, 5.41) is 10.2. The number of carboxylic acid groups (broad SMARTS) is 1. The molecule has 0 bridgehead atoms. The lowest BCUT2D eigenvalue weighted by molar-refractivity contribution is -0.138. The number of carbonyl (C=O) groups is 1. The molecule has 26 heavy (non-hydrogen) atoms. The molecule has 146 valence electrons. The molecule has 1 heterocycles. The van der Waals surface area contributed by atoms with Crippen molar-refractivity contribution in [3.63, 3.8) is 0 Å². The Hall–Kier alpha value is -1.52. The maximum Gasteiger partial charge on any atom is 0.320 e. The number of carboxylic acids is 1. The van der Waals surface area contributed by atoms with E-state index in [4.69, 9.17) is 22.4 Å². The summed E-state index contributed by atoms with van der Waals surface area (Å²) in [4.78, 5) is 13.7. The third-order valence-corrected chi connectivity index (χ3v) is 5.02. The smallest absolute Gasteiger partial charge is 0.320 e. The summed E-state index contributed by atoms with van der Waals surface area (Å²) in [7, 11) is 0. The first-order valence-electron chi connectivity index (χ1n) is 9.67. The van der Waals surface area contributed by atoms with Crippen LogP contribution in [0.1, 0.15) is 64.4 Å². The van der Waals surface area contributed by atoms with Crippen molar-refractivity contribution in [2.45, 2.75) is 76.6 Å². The number of nitrogens with one attached hydrogen (secondary N) is 1. The van der Waals surface area contributed by atoms with Crippen molar-refractivity contribution in [2.75, 3.05) is 0 Å². The number of H-pyrrole nitrogens is 1. The highest BCUT2D eigenvalue weighted by Crippen LogP contribution is 2.18. The summed E-state index contributed by atoms with van der Waals surface area (Å²) in [6, 6.07) is 6.91. The van der Waals surface area contributed by atoms with E-state index in [0.29, 0.717) is 11.8 Å². The molecule has 0 aliphatic rings. The van der Waals surface area contributed by atoms with E-state index in [1.165, 1.54) is 38.5 Å². The van der Waals surface area contributed by atoms with Gasteiger partial charge in [0, 0.05) is 28.9 Å². The highest BCUT2D eigenvalue weighted by Gasteiger charge is 2.14. The molecule has 0 saturated carbocycles. The Kier molecular flexibility index (Phi) is 11.1. The van der Waals surface area contributed by atoms with Crippen LogP contribution < -0.4 is 5.73 Å². The van der Waals surface area contributed by atoms with E-state index >= 15 is 0 Å². The first kappa shape index (κ1) is 22.5. The number of alkyl halides is 1. The normalized spacial score (nSPS) is 13.1. The molecule has 4 nitrogen and oxygen atoms in total. The molecule has 0 spiro atoms. The van der Waals surface area contributed by atoms with Crippen LogP contribution in [0.25, 0.3) is 10.9 Å². The van der Waals surface area contributed by atoms with Gasteiger partial charge < -0.3 is 15.8 Å². The van der Waals surface area contributed by atoms with Gasteiger partial charge in [-0.15, -0.1) is 11.6 Å². The number of aromatic nitrogens is 1. The Balaban J connectivity index is 0.000000276. The number of fused-ring (bicyclic) bond motifs is 1. The topological polar surface area (TPSA) is 79.1 Å². The molecule has 0 aliphatic heterocycles. The van der Waals surface area contributed by atoms with Crippen LogP contribution in [-0.4, -0.2) is 27.5 Å². The molecular formula is C21H33ClN2O2. The highest BCUT2D eigenvalue weighted by molar-refractivity contribution is 6.20. The lowest BCUT2D eigenvalue weighted by Gasteiger charge is -2.04. The molecule has 2 aromatic rings. The lowest BCUT2D eigenvalue weighted by Crippen LogP contribution is -2.32. The van der Waals surface area contributed by atoms with Crippen molar-refractivity contribution in [3.05, 3.63) is 36.0 Å². The van der Waals surface area contributed by atoms with Crippen molar-refractivity contribution in [2.24, 2.45) is 5.73 Å². The molecule has 2 unspecified atom stereocenters. The average Bonchev–Trinajstić information content (AvgIpc) is 3.05. The van der Waals surface area contributed by atoms with Gasteiger partial charge in [0.1, 0.15) is 6.04 Å². The summed E-state index contributed by atoms with van der Waals surface area (Å²) in [6.07, 6.45) is 11.3. The average molecular weight is 381 g/mol. The van der Waals surface area contributed by atoms with Crippen molar-refractivity contribution in [1.29, 1.82) is 0 Å². The standard InChI is InChI=1S/C11H12N2O2.C10H21Cl/c12-9(11(14)15)5-7-6-13-10-4-2-1-3-8(7)10;1-3-5-6-7-8-9-10(11)4-2/h1-4,6,9,13H,5,12H2,(H,14,15);10H,3-9H2,1-2H3.